The van der Waals surface area contributed by atoms with Gasteiger partial charge in [0, 0.05) is 65.6 Å². The second-order valence-electron chi connectivity index (χ2n) is 5.66. The maximum atomic E-state index is 6.12. The van der Waals surface area contributed by atoms with Crippen molar-refractivity contribution in [2.45, 2.75) is 19.5 Å². The summed E-state index contributed by atoms with van der Waals surface area (Å²) in [7, 11) is 0. The van der Waals surface area contributed by atoms with E-state index in [0.717, 1.165) is 36.6 Å². The molecule has 3 aromatic rings. The highest BCUT2D eigenvalue weighted by molar-refractivity contribution is 7.71. The molecule has 2 aromatic heterocycles. The van der Waals surface area contributed by atoms with E-state index < -0.39 is 0 Å². The van der Waals surface area contributed by atoms with Crippen LogP contribution in [0.4, 0.5) is 0 Å². The zero-order valence-corrected chi connectivity index (χ0v) is 13.5. The highest BCUT2D eigenvalue weighted by Gasteiger charge is 2.18. The van der Waals surface area contributed by atoms with Crippen LogP contribution in [0.15, 0.2) is 30.6 Å². The van der Waals surface area contributed by atoms with E-state index in [0.29, 0.717) is 4.77 Å². The molecule has 0 unspecified atom stereocenters. The first-order chi connectivity index (χ1) is 10.7. The number of rotatable bonds is 2. The first-order valence-electron chi connectivity index (χ1n) is 7.24. The van der Waals surface area contributed by atoms with Gasteiger partial charge in [-0.15, -0.1) is 0 Å². The van der Waals surface area contributed by atoms with Crippen molar-refractivity contribution < 1.29 is 0 Å². The first kappa shape index (κ1) is 13.9. The lowest BCUT2D eigenvalue weighted by molar-refractivity contribution is 0.243. The van der Waals surface area contributed by atoms with Gasteiger partial charge in [-0.2, -0.15) is 0 Å². The van der Waals surface area contributed by atoms with E-state index in [4.69, 9.17) is 23.8 Å². The van der Waals surface area contributed by atoms with Gasteiger partial charge in [0.1, 0.15) is 0 Å². The number of nitrogens with one attached hydrogen (secondary N) is 2. The number of hydrogen-bond acceptors (Lipinski definition) is 3. The molecule has 1 aliphatic rings. The van der Waals surface area contributed by atoms with E-state index in [1.54, 1.807) is 0 Å². The normalized spacial score (nSPS) is 15.1. The molecule has 1 aromatic carbocycles. The number of benzene rings is 1. The van der Waals surface area contributed by atoms with Crippen molar-refractivity contribution in [3.8, 4) is 0 Å². The van der Waals surface area contributed by atoms with Crippen LogP contribution in [0.25, 0.3) is 10.9 Å². The Hall–Kier alpha value is -1.69. The fraction of sp³-hybridized carbons (Fsp3) is 0.250. The topological polar surface area (TPSA) is 47.7 Å². The molecule has 1 aliphatic heterocycles. The highest BCUT2D eigenvalue weighted by Crippen LogP contribution is 2.25. The Labute approximate surface area is 138 Å². The lowest BCUT2D eigenvalue weighted by Gasteiger charge is -2.27. The molecular formula is C16H15ClN4S. The van der Waals surface area contributed by atoms with Crippen LogP contribution >= 0.6 is 23.8 Å². The summed E-state index contributed by atoms with van der Waals surface area (Å²) in [6.45, 7) is 2.80. The van der Waals surface area contributed by atoms with Crippen LogP contribution in [0, 0.1) is 4.77 Å². The van der Waals surface area contributed by atoms with Crippen LogP contribution < -0.4 is 0 Å². The molecule has 112 valence electrons. The Kier molecular flexibility index (Phi) is 3.48. The molecule has 22 heavy (non-hydrogen) atoms. The van der Waals surface area contributed by atoms with Gasteiger partial charge in [-0.25, -0.2) is 4.98 Å². The molecule has 0 saturated carbocycles. The van der Waals surface area contributed by atoms with Crippen molar-refractivity contribution in [2.75, 3.05) is 6.54 Å². The van der Waals surface area contributed by atoms with Crippen molar-refractivity contribution in [2.24, 2.45) is 0 Å². The average molecular weight is 331 g/mol. The van der Waals surface area contributed by atoms with Gasteiger partial charge in [-0.3, -0.25) is 4.90 Å². The largest absolute Gasteiger partial charge is 0.361 e. The van der Waals surface area contributed by atoms with Crippen molar-refractivity contribution in [1.29, 1.82) is 0 Å². The second-order valence-corrected chi connectivity index (χ2v) is 6.48. The van der Waals surface area contributed by atoms with Crippen LogP contribution in [0.3, 0.4) is 0 Å². The molecule has 4 nitrogen and oxygen atoms in total. The predicted octanol–water partition coefficient (Wildman–Crippen LogP) is 3.83. The summed E-state index contributed by atoms with van der Waals surface area (Å²) < 4.78 is 0.568. The highest BCUT2D eigenvalue weighted by atomic mass is 35.5. The van der Waals surface area contributed by atoms with E-state index in [1.807, 2.05) is 24.4 Å². The smallest absolute Gasteiger partial charge is 0.196 e. The average Bonchev–Trinajstić information content (AvgIpc) is 2.90. The number of fused-ring (bicyclic) bond motifs is 2. The summed E-state index contributed by atoms with van der Waals surface area (Å²) in [5.41, 5.74) is 4.86. The minimum atomic E-state index is 0.568. The van der Waals surface area contributed by atoms with E-state index in [2.05, 4.69) is 26.0 Å². The number of aromatic nitrogens is 3. The first-order valence-corrected chi connectivity index (χ1v) is 8.02. The number of hydrogen-bond donors (Lipinski definition) is 2. The Morgan fingerprint density at radius 1 is 1.36 bits per heavy atom. The maximum Gasteiger partial charge on any atom is 0.196 e. The second kappa shape index (κ2) is 5.50. The Morgan fingerprint density at radius 2 is 2.27 bits per heavy atom. The van der Waals surface area contributed by atoms with Crippen molar-refractivity contribution in [3.05, 3.63) is 57.2 Å². The fourth-order valence-corrected chi connectivity index (χ4v) is 3.41. The molecule has 0 amide bonds. The zero-order chi connectivity index (χ0) is 15.1. The SMILES string of the molecule is S=c1ncc2c([nH]1)CCN(Cc1c[nH]c3ccc(Cl)cc13)C2. The van der Waals surface area contributed by atoms with Crippen LogP contribution in [0.5, 0.6) is 0 Å². The lowest BCUT2D eigenvalue weighted by atomic mass is 10.1. The van der Waals surface area contributed by atoms with Gasteiger partial charge in [-0.1, -0.05) is 11.6 Å². The fourth-order valence-electron chi connectivity index (χ4n) is 3.06. The number of halogens is 1. The van der Waals surface area contributed by atoms with Gasteiger partial charge in [-0.05, 0) is 36.0 Å². The summed E-state index contributed by atoms with van der Waals surface area (Å²) in [5, 5.41) is 1.97. The number of H-pyrrole nitrogens is 2. The molecule has 0 atom stereocenters. The standard InChI is InChI=1S/C16H15ClN4S/c17-12-1-2-15-13(5-12)10(6-18-15)8-21-4-3-14-11(9-21)7-19-16(22)20-14/h1-2,5-7,18H,3-4,8-9H2,(H,19,20,22). The lowest BCUT2D eigenvalue weighted by Crippen LogP contribution is -2.30. The van der Waals surface area contributed by atoms with Gasteiger partial charge in [0.2, 0.25) is 0 Å². The monoisotopic (exact) mass is 330 g/mol. The molecule has 0 spiro atoms. The summed E-state index contributed by atoms with van der Waals surface area (Å²) in [6, 6.07) is 5.96. The van der Waals surface area contributed by atoms with Crippen molar-refractivity contribution in [3.63, 3.8) is 0 Å². The van der Waals surface area contributed by atoms with Gasteiger partial charge in [0.25, 0.3) is 0 Å². The zero-order valence-electron chi connectivity index (χ0n) is 11.9. The molecule has 6 heteroatoms. The molecule has 3 heterocycles. The molecule has 0 bridgehead atoms. The van der Waals surface area contributed by atoms with Crippen LogP contribution in [0.2, 0.25) is 5.02 Å². The van der Waals surface area contributed by atoms with Crippen molar-refractivity contribution >= 4 is 34.7 Å². The summed E-state index contributed by atoms with van der Waals surface area (Å²) in [4.78, 5) is 13.1. The minimum Gasteiger partial charge on any atom is -0.361 e. The Morgan fingerprint density at radius 3 is 3.18 bits per heavy atom. The van der Waals surface area contributed by atoms with E-state index in [-0.39, 0.29) is 0 Å². The van der Waals surface area contributed by atoms with E-state index in [9.17, 15) is 0 Å². The Bertz CT molecular complexity index is 899. The molecule has 0 fully saturated rings. The van der Waals surface area contributed by atoms with Gasteiger partial charge in [0.15, 0.2) is 4.77 Å². The number of aromatic amines is 2. The summed E-state index contributed by atoms with van der Waals surface area (Å²) in [5.74, 6) is 0. The predicted molar refractivity (Wildman–Crippen MR) is 90.5 cm³/mol. The van der Waals surface area contributed by atoms with Crippen LogP contribution in [-0.2, 0) is 19.5 Å². The number of nitrogens with zero attached hydrogens (tertiary/aromatic N) is 2. The van der Waals surface area contributed by atoms with E-state index in [1.165, 1.54) is 22.2 Å². The molecular weight excluding hydrogens is 316 g/mol. The molecule has 0 aliphatic carbocycles. The molecule has 0 radical (unpaired) electrons. The molecule has 0 saturated heterocycles. The summed E-state index contributed by atoms with van der Waals surface area (Å²) in [6.07, 6.45) is 4.95. The third kappa shape index (κ3) is 2.56. The molecule has 2 N–H and O–H groups in total. The third-order valence-corrected chi connectivity index (χ3v) is 4.62. The van der Waals surface area contributed by atoms with Crippen molar-refractivity contribution in [1.82, 2.24) is 19.9 Å². The van der Waals surface area contributed by atoms with Gasteiger partial charge >= 0.3 is 0 Å². The molecule has 4 rings (SSSR count). The van der Waals surface area contributed by atoms with Gasteiger partial charge in [0.05, 0.1) is 0 Å². The summed E-state index contributed by atoms with van der Waals surface area (Å²) >= 11 is 11.2. The Balaban J connectivity index is 1.60. The van der Waals surface area contributed by atoms with Gasteiger partial charge < -0.3 is 9.97 Å². The third-order valence-electron chi connectivity index (χ3n) is 4.18. The van der Waals surface area contributed by atoms with E-state index >= 15 is 0 Å². The minimum absolute atomic E-state index is 0.568. The van der Waals surface area contributed by atoms with Crippen LogP contribution in [-0.4, -0.2) is 26.4 Å². The van der Waals surface area contributed by atoms with Crippen LogP contribution in [0.1, 0.15) is 16.8 Å². The quantitative estimate of drug-likeness (QED) is 0.702. The maximum absolute atomic E-state index is 6.12.